The van der Waals surface area contributed by atoms with E-state index in [4.69, 9.17) is 4.84 Å². The van der Waals surface area contributed by atoms with Crippen molar-refractivity contribution in [2.75, 3.05) is 0 Å². The topological polar surface area (TPSA) is 30.5 Å². The molecule has 0 aliphatic carbocycles. The molecule has 0 aromatic heterocycles. The maximum atomic E-state index is 12.1. The maximum absolute atomic E-state index is 12.1. The summed E-state index contributed by atoms with van der Waals surface area (Å²) < 4.78 is 28.5. The lowest BCUT2D eigenvalue weighted by atomic mass is 10.1. The summed E-state index contributed by atoms with van der Waals surface area (Å²) in [6.07, 6.45) is 0. The molecule has 0 bridgehead atoms. The van der Waals surface area contributed by atoms with E-state index in [0.29, 0.717) is 0 Å². The number of hydrogen-bond acceptors (Lipinski definition) is 3. The molecule has 0 saturated carbocycles. The van der Waals surface area contributed by atoms with Crippen molar-refractivity contribution >= 4 is 0 Å². The van der Waals surface area contributed by atoms with Gasteiger partial charge in [0.15, 0.2) is 0 Å². The van der Waals surface area contributed by atoms with Crippen molar-refractivity contribution in [1.29, 1.82) is 0 Å². The Labute approximate surface area is 106 Å². The largest absolute Gasteiger partial charge is 0.435 e. The first-order valence-corrected chi connectivity index (χ1v) is 5.76. The first kappa shape index (κ1) is 14.9. The van der Waals surface area contributed by atoms with Gasteiger partial charge in [0.1, 0.15) is 5.75 Å². The summed E-state index contributed by atoms with van der Waals surface area (Å²) in [6, 6.07) is 6.43. The van der Waals surface area contributed by atoms with Crippen LogP contribution in [-0.4, -0.2) is 12.2 Å². The molecule has 3 nitrogen and oxygen atoms in total. The van der Waals surface area contributed by atoms with E-state index in [1.807, 2.05) is 33.8 Å². The Morgan fingerprint density at radius 3 is 2.44 bits per heavy atom. The van der Waals surface area contributed by atoms with Gasteiger partial charge in [-0.15, -0.1) is 0 Å². The molecule has 0 saturated heterocycles. The van der Waals surface area contributed by atoms with Crippen molar-refractivity contribution in [2.45, 2.75) is 45.9 Å². The third-order valence-corrected chi connectivity index (χ3v) is 2.13. The van der Waals surface area contributed by atoms with Crippen LogP contribution in [0.2, 0.25) is 0 Å². The Bertz CT molecular complexity index is 377. The van der Waals surface area contributed by atoms with E-state index in [0.717, 1.165) is 5.56 Å². The van der Waals surface area contributed by atoms with Gasteiger partial charge in [-0.05, 0) is 45.4 Å². The lowest BCUT2D eigenvalue weighted by Gasteiger charge is -2.23. The fourth-order valence-corrected chi connectivity index (χ4v) is 1.29. The number of halogens is 2. The molecular formula is C13H19F2NO2. The molecule has 1 unspecified atom stereocenters. The molecule has 5 heteroatoms. The van der Waals surface area contributed by atoms with Gasteiger partial charge >= 0.3 is 6.61 Å². The molecule has 102 valence electrons. The second-order valence-corrected chi connectivity index (χ2v) is 5.00. The molecule has 1 aromatic carbocycles. The highest BCUT2D eigenvalue weighted by atomic mass is 19.3. The summed E-state index contributed by atoms with van der Waals surface area (Å²) in [5.74, 6) is 0.145. The average Bonchev–Trinajstić information content (AvgIpc) is 2.24. The van der Waals surface area contributed by atoms with Crippen molar-refractivity contribution in [3.8, 4) is 5.75 Å². The zero-order valence-electron chi connectivity index (χ0n) is 11.0. The normalized spacial score (nSPS) is 13.7. The van der Waals surface area contributed by atoms with Crippen LogP contribution in [-0.2, 0) is 4.84 Å². The third-order valence-electron chi connectivity index (χ3n) is 2.13. The van der Waals surface area contributed by atoms with Crippen LogP contribution in [0.4, 0.5) is 8.78 Å². The van der Waals surface area contributed by atoms with Crippen LogP contribution < -0.4 is 10.2 Å². The minimum Gasteiger partial charge on any atom is -0.435 e. The first-order chi connectivity index (χ1) is 8.28. The Morgan fingerprint density at radius 2 is 1.89 bits per heavy atom. The van der Waals surface area contributed by atoms with Crippen LogP contribution in [0.1, 0.15) is 39.3 Å². The highest BCUT2D eigenvalue weighted by Crippen LogP contribution is 2.21. The van der Waals surface area contributed by atoms with Crippen molar-refractivity contribution in [1.82, 2.24) is 5.48 Å². The fourth-order valence-electron chi connectivity index (χ4n) is 1.29. The molecule has 0 radical (unpaired) electrons. The molecule has 0 aliphatic rings. The zero-order valence-corrected chi connectivity index (χ0v) is 11.0. The van der Waals surface area contributed by atoms with Crippen LogP contribution in [0.25, 0.3) is 0 Å². The highest BCUT2D eigenvalue weighted by molar-refractivity contribution is 5.30. The summed E-state index contributed by atoms with van der Waals surface area (Å²) in [4.78, 5) is 5.43. The average molecular weight is 259 g/mol. The highest BCUT2D eigenvalue weighted by Gasteiger charge is 2.14. The maximum Gasteiger partial charge on any atom is 0.387 e. The van der Waals surface area contributed by atoms with E-state index < -0.39 is 6.61 Å². The number of rotatable bonds is 5. The van der Waals surface area contributed by atoms with Crippen molar-refractivity contribution in [2.24, 2.45) is 0 Å². The Kier molecular flexibility index (Phi) is 5.04. The monoisotopic (exact) mass is 259 g/mol. The SMILES string of the molecule is CC(NOC(C)(C)C)c1cccc(OC(F)F)c1. The van der Waals surface area contributed by atoms with E-state index in [2.05, 4.69) is 10.2 Å². The van der Waals surface area contributed by atoms with Crippen LogP contribution in [0.5, 0.6) is 5.75 Å². The second-order valence-electron chi connectivity index (χ2n) is 5.00. The van der Waals surface area contributed by atoms with E-state index in [9.17, 15) is 8.78 Å². The van der Waals surface area contributed by atoms with Gasteiger partial charge < -0.3 is 4.74 Å². The summed E-state index contributed by atoms with van der Waals surface area (Å²) >= 11 is 0. The van der Waals surface area contributed by atoms with Crippen LogP contribution in [0.15, 0.2) is 24.3 Å². The van der Waals surface area contributed by atoms with Gasteiger partial charge in [0.2, 0.25) is 0 Å². The number of nitrogens with one attached hydrogen (secondary N) is 1. The number of benzene rings is 1. The zero-order chi connectivity index (χ0) is 13.8. The van der Waals surface area contributed by atoms with Crippen molar-refractivity contribution < 1.29 is 18.4 Å². The number of hydroxylamine groups is 1. The van der Waals surface area contributed by atoms with E-state index in [1.165, 1.54) is 6.07 Å². The van der Waals surface area contributed by atoms with Crippen molar-refractivity contribution in [3.63, 3.8) is 0 Å². The van der Waals surface area contributed by atoms with E-state index in [1.54, 1.807) is 12.1 Å². The van der Waals surface area contributed by atoms with Gasteiger partial charge in [-0.25, -0.2) is 0 Å². The molecule has 0 amide bonds. The lowest BCUT2D eigenvalue weighted by Crippen LogP contribution is -2.30. The van der Waals surface area contributed by atoms with Crippen molar-refractivity contribution in [3.05, 3.63) is 29.8 Å². The van der Waals surface area contributed by atoms with E-state index in [-0.39, 0.29) is 17.4 Å². The summed E-state index contributed by atoms with van der Waals surface area (Å²) in [7, 11) is 0. The molecule has 0 fully saturated rings. The molecule has 0 spiro atoms. The van der Waals surface area contributed by atoms with Gasteiger partial charge in [0.25, 0.3) is 0 Å². The first-order valence-electron chi connectivity index (χ1n) is 5.76. The quantitative estimate of drug-likeness (QED) is 0.818. The molecule has 18 heavy (non-hydrogen) atoms. The molecular weight excluding hydrogens is 240 g/mol. The summed E-state index contributed by atoms with van der Waals surface area (Å²) in [5, 5.41) is 0. The second kappa shape index (κ2) is 6.11. The molecule has 1 rings (SSSR count). The van der Waals surface area contributed by atoms with Gasteiger partial charge in [0.05, 0.1) is 11.6 Å². The van der Waals surface area contributed by atoms with Crippen LogP contribution in [0, 0.1) is 0 Å². The van der Waals surface area contributed by atoms with Crippen LogP contribution in [0.3, 0.4) is 0 Å². The molecule has 1 aromatic rings. The predicted molar refractivity (Wildman–Crippen MR) is 65.5 cm³/mol. The van der Waals surface area contributed by atoms with E-state index >= 15 is 0 Å². The molecule has 1 N–H and O–H groups in total. The standard InChI is InChI=1S/C13H19F2NO2/c1-9(16-18-13(2,3)4)10-6-5-7-11(8-10)17-12(14)15/h5-9,12,16H,1-4H3. The van der Waals surface area contributed by atoms with Gasteiger partial charge in [-0.1, -0.05) is 12.1 Å². The van der Waals surface area contributed by atoms with Gasteiger partial charge in [-0.2, -0.15) is 14.3 Å². The summed E-state index contributed by atoms with van der Waals surface area (Å²) in [6.45, 7) is 4.83. The Hall–Kier alpha value is -1.20. The molecule has 1 atom stereocenters. The van der Waals surface area contributed by atoms with Crippen LogP contribution >= 0.6 is 0 Å². The smallest absolute Gasteiger partial charge is 0.387 e. The van der Waals surface area contributed by atoms with Gasteiger partial charge in [0, 0.05) is 0 Å². The third kappa shape index (κ3) is 5.42. The number of ether oxygens (including phenoxy) is 1. The fraction of sp³-hybridized carbons (Fsp3) is 0.538. The Morgan fingerprint density at radius 1 is 1.22 bits per heavy atom. The summed E-state index contributed by atoms with van der Waals surface area (Å²) in [5.41, 5.74) is 3.38. The minimum absolute atomic E-state index is 0.120. The van der Waals surface area contributed by atoms with Gasteiger partial charge in [-0.3, -0.25) is 4.84 Å². The minimum atomic E-state index is -2.81. The molecule has 0 heterocycles. The Balaban J connectivity index is 2.65. The molecule has 0 aliphatic heterocycles. The predicted octanol–water partition coefficient (Wildman–Crippen LogP) is 3.67. The number of alkyl halides is 2. The lowest BCUT2D eigenvalue weighted by molar-refractivity contribution is -0.0867. The number of hydrogen-bond donors (Lipinski definition) is 1.